The molecule has 2 unspecified atom stereocenters. The van der Waals surface area contributed by atoms with E-state index in [4.69, 9.17) is 14.9 Å². The van der Waals surface area contributed by atoms with E-state index in [0.29, 0.717) is 0 Å². The first-order valence-corrected chi connectivity index (χ1v) is 7.09. The molecule has 0 aliphatic heterocycles. The molecule has 0 saturated carbocycles. The van der Waals surface area contributed by atoms with Crippen LogP contribution in [0.15, 0.2) is 59.3 Å². The minimum atomic E-state index is -0.309. The third-order valence-corrected chi connectivity index (χ3v) is 3.54. The minimum Gasteiger partial charge on any atom is -0.480 e. The molecule has 0 aliphatic carbocycles. The van der Waals surface area contributed by atoms with Gasteiger partial charge in [0.05, 0.1) is 11.8 Å². The maximum Gasteiger partial charge on any atom is 0.171 e. The highest BCUT2D eigenvalue weighted by Crippen LogP contribution is 2.30. The Morgan fingerprint density at radius 2 is 2.10 bits per heavy atom. The molecular formula is C17H18N2O2. The second kappa shape index (κ2) is 5.97. The van der Waals surface area contributed by atoms with Crippen LogP contribution in [-0.2, 0) is 0 Å². The summed E-state index contributed by atoms with van der Waals surface area (Å²) in [7, 11) is 0. The van der Waals surface area contributed by atoms with Crippen LogP contribution in [0.4, 0.5) is 0 Å². The summed E-state index contributed by atoms with van der Waals surface area (Å²) in [5.41, 5.74) is 7.10. The quantitative estimate of drug-likeness (QED) is 0.775. The third kappa shape index (κ3) is 2.76. The van der Waals surface area contributed by atoms with E-state index in [-0.39, 0.29) is 12.1 Å². The molecule has 0 aliphatic rings. The fraction of sp³-hybridized carbons (Fsp3) is 0.235. The van der Waals surface area contributed by atoms with Gasteiger partial charge in [0.15, 0.2) is 6.10 Å². The van der Waals surface area contributed by atoms with Crippen molar-refractivity contribution in [2.75, 3.05) is 0 Å². The fourth-order valence-corrected chi connectivity index (χ4v) is 2.34. The van der Waals surface area contributed by atoms with Gasteiger partial charge >= 0.3 is 0 Å². The van der Waals surface area contributed by atoms with Crippen molar-refractivity contribution in [3.05, 3.63) is 60.7 Å². The number of aromatic nitrogens is 1. The van der Waals surface area contributed by atoms with Gasteiger partial charge in [-0.3, -0.25) is 4.98 Å². The summed E-state index contributed by atoms with van der Waals surface area (Å²) in [6, 6.07) is 13.3. The van der Waals surface area contributed by atoms with Gasteiger partial charge < -0.3 is 14.9 Å². The molecule has 2 heterocycles. The normalized spacial score (nSPS) is 14.0. The number of fused-ring (bicyclic) bond motifs is 1. The van der Waals surface area contributed by atoms with Gasteiger partial charge in [0.1, 0.15) is 11.5 Å². The standard InChI is InChI=1S/C17H18N2O2/c1-2-13(18)17(16-9-5-11-20-16)21-15-8-3-7-14-12(15)6-4-10-19-14/h3-11,13,17H,2,18H2,1H3. The van der Waals surface area contributed by atoms with Gasteiger partial charge in [-0.15, -0.1) is 0 Å². The van der Waals surface area contributed by atoms with Crippen LogP contribution in [0.1, 0.15) is 25.2 Å². The van der Waals surface area contributed by atoms with Crippen molar-refractivity contribution in [2.45, 2.75) is 25.5 Å². The van der Waals surface area contributed by atoms with Crippen molar-refractivity contribution in [2.24, 2.45) is 5.73 Å². The Labute approximate surface area is 123 Å². The molecule has 0 fully saturated rings. The minimum absolute atomic E-state index is 0.136. The molecule has 0 radical (unpaired) electrons. The molecule has 108 valence electrons. The van der Waals surface area contributed by atoms with E-state index in [2.05, 4.69) is 4.98 Å². The van der Waals surface area contributed by atoms with Gasteiger partial charge in [0.25, 0.3) is 0 Å². The molecule has 3 aromatic rings. The number of pyridine rings is 1. The van der Waals surface area contributed by atoms with Crippen molar-refractivity contribution in [3.63, 3.8) is 0 Å². The molecular weight excluding hydrogens is 264 g/mol. The van der Waals surface area contributed by atoms with Crippen LogP contribution in [0, 0.1) is 0 Å². The number of ether oxygens (including phenoxy) is 1. The number of furan rings is 1. The summed E-state index contributed by atoms with van der Waals surface area (Å²) >= 11 is 0. The lowest BCUT2D eigenvalue weighted by Gasteiger charge is -2.23. The van der Waals surface area contributed by atoms with Crippen molar-refractivity contribution >= 4 is 10.9 Å². The second-order valence-corrected chi connectivity index (χ2v) is 4.95. The molecule has 2 N–H and O–H groups in total. The van der Waals surface area contributed by atoms with Gasteiger partial charge in [-0.1, -0.05) is 13.0 Å². The van der Waals surface area contributed by atoms with E-state index < -0.39 is 0 Å². The van der Waals surface area contributed by atoms with E-state index in [9.17, 15) is 0 Å². The average Bonchev–Trinajstić information content (AvgIpc) is 3.06. The molecule has 0 spiro atoms. The zero-order chi connectivity index (χ0) is 14.7. The van der Waals surface area contributed by atoms with Gasteiger partial charge in [-0.05, 0) is 42.8 Å². The van der Waals surface area contributed by atoms with E-state index in [0.717, 1.165) is 28.8 Å². The molecule has 0 amide bonds. The van der Waals surface area contributed by atoms with Crippen LogP contribution >= 0.6 is 0 Å². The molecule has 0 saturated heterocycles. The topological polar surface area (TPSA) is 61.3 Å². The fourth-order valence-electron chi connectivity index (χ4n) is 2.34. The lowest BCUT2D eigenvalue weighted by Crippen LogP contribution is -2.31. The molecule has 4 heteroatoms. The average molecular weight is 282 g/mol. The predicted octanol–water partition coefficient (Wildman–Crippen LogP) is 3.69. The van der Waals surface area contributed by atoms with Crippen LogP contribution in [0.2, 0.25) is 0 Å². The first-order valence-electron chi connectivity index (χ1n) is 7.09. The summed E-state index contributed by atoms with van der Waals surface area (Å²) < 4.78 is 11.6. The second-order valence-electron chi connectivity index (χ2n) is 4.95. The molecule has 0 bridgehead atoms. The number of nitrogens with zero attached hydrogens (tertiary/aromatic N) is 1. The maximum absolute atomic E-state index is 6.20. The van der Waals surface area contributed by atoms with Crippen molar-refractivity contribution in [3.8, 4) is 5.75 Å². The zero-order valence-electron chi connectivity index (χ0n) is 11.9. The largest absolute Gasteiger partial charge is 0.480 e. The molecule has 21 heavy (non-hydrogen) atoms. The Hall–Kier alpha value is -2.33. The summed E-state index contributed by atoms with van der Waals surface area (Å²) in [6.07, 6.45) is 3.90. The molecule has 2 atom stereocenters. The van der Waals surface area contributed by atoms with Crippen LogP contribution in [0.5, 0.6) is 5.75 Å². The monoisotopic (exact) mass is 282 g/mol. The first-order chi connectivity index (χ1) is 10.3. The number of benzene rings is 1. The molecule has 2 aromatic heterocycles. The van der Waals surface area contributed by atoms with Crippen LogP contribution in [-0.4, -0.2) is 11.0 Å². The molecule has 4 nitrogen and oxygen atoms in total. The summed E-state index contributed by atoms with van der Waals surface area (Å²) in [5, 5.41) is 0.972. The van der Waals surface area contributed by atoms with Gasteiger partial charge in [0, 0.05) is 17.6 Å². The number of nitrogens with two attached hydrogens (primary N) is 1. The Kier molecular flexibility index (Phi) is 3.88. The van der Waals surface area contributed by atoms with E-state index >= 15 is 0 Å². The summed E-state index contributed by atoms with van der Waals surface area (Å²) in [6.45, 7) is 2.04. The zero-order valence-corrected chi connectivity index (χ0v) is 11.9. The highest BCUT2D eigenvalue weighted by molar-refractivity contribution is 5.84. The van der Waals surface area contributed by atoms with Gasteiger partial charge in [-0.2, -0.15) is 0 Å². The Balaban J connectivity index is 1.98. The number of hydrogen-bond acceptors (Lipinski definition) is 4. The predicted molar refractivity (Wildman–Crippen MR) is 82.1 cm³/mol. The highest BCUT2D eigenvalue weighted by atomic mass is 16.5. The van der Waals surface area contributed by atoms with E-state index in [1.807, 2.05) is 49.4 Å². The van der Waals surface area contributed by atoms with Crippen molar-refractivity contribution in [1.29, 1.82) is 0 Å². The Bertz CT molecular complexity index is 704. The van der Waals surface area contributed by atoms with Crippen LogP contribution < -0.4 is 10.5 Å². The lowest BCUT2D eigenvalue weighted by molar-refractivity contribution is 0.147. The number of hydrogen-bond donors (Lipinski definition) is 1. The van der Waals surface area contributed by atoms with Crippen molar-refractivity contribution in [1.82, 2.24) is 4.98 Å². The summed E-state index contributed by atoms with van der Waals surface area (Å²) in [4.78, 5) is 4.34. The molecule has 1 aromatic carbocycles. The van der Waals surface area contributed by atoms with Crippen LogP contribution in [0.25, 0.3) is 10.9 Å². The van der Waals surface area contributed by atoms with E-state index in [1.54, 1.807) is 12.5 Å². The Morgan fingerprint density at radius 1 is 1.19 bits per heavy atom. The molecule has 3 rings (SSSR count). The van der Waals surface area contributed by atoms with Crippen LogP contribution in [0.3, 0.4) is 0 Å². The summed E-state index contributed by atoms with van der Waals surface area (Å²) in [5.74, 6) is 1.51. The van der Waals surface area contributed by atoms with Crippen molar-refractivity contribution < 1.29 is 9.15 Å². The smallest absolute Gasteiger partial charge is 0.171 e. The van der Waals surface area contributed by atoms with E-state index in [1.165, 1.54) is 0 Å². The van der Waals surface area contributed by atoms with Gasteiger partial charge in [0.2, 0.25) is 0 Å². The Morgan fingerprint density at radius 3 is 2.86 bits per heavy atom. The lowest BCUT2D eigenvalue weighted by atomic mass is 10.1. The third-order valence-electron chi connectivity index (χ3n) is 3.54. The van der Waals surface area contributed by atoms with Gasteiger partial charge in [-0.25, -0.2) is 0 Å². The first kappa shape index (κ1) is 13.6. The maximum atomic E-state index is 6.20. The SMILES string of the molecule is CCC(N)C(Oc1cccc2ncccc12)c1ccco1. The number of rotatable bonds is 5. The highest BCUT2D eigenvalue weighted by Gasteiger charge is 2.23.